The minimum absolute atomic E-state index is 0.124. The van der Waals surface area contributed by atoms with Gasteiger partial charge in [-0.25, -0.2) is 0 Å². The molecule has 0 fully saturated rings. The van der Waals surface area contributed by atoms with Gasteiger partial charge in [-0.3, -0.25) is 0 Å². The molecule has 13 rings (SSSR count). The normalized spacial score (nSPS) is 14.0. The summed E-state index contributed by atoms with van der Waals surface area (Å²) in [7, 11) is 0. The van der Waals surface area contributed by atoms with Gasteiger partial charge in [-0.1, -0.05) is 133 Å². The van der Waals surface area contributed by atoms with E-state index < -0.39 is 0 Å². The predicted octanol–water partition coefficient (Wildman–Crippen LogP) is 7.13. The van der Waals surface area contributed by atoms with E-state index in [4.69, 9.17) is 0 Å². The van der Waals surface area contributed by atoms with E-state index >= 15 is 0 Å². The van der Waals surface area contributed by atoms with Gasteiger partial charge in [0.1, 0.15) is 0 Å². The second kappa shape index (κ2) is 7.38. The topological polar surface area (TPSA) is 9.86 Å². The minimum atomic E-state index is 0.124. The third-order valence-corrected chi connectivity index (χ3v) is 11.7. The van der Waals surface area contributed by atoms with Crippen LogP contribution in [0.15, 0.2) is 133 Å². The first kappa shape index (κ1) is 22.7. The van der Waals surface area contributed by atoms with Crippen molar-refractivity contribution in [3.63, 3.8) is 0 Å². The van der Waals surface area contributed by atoms with E-state index in [0.717, 1.165) is 0 Å². The van der Waals surface area contributed by atoms with E-state index in [1.165, 1.54) is 110 Å². The Morgan fingerprint density at radius 3 is 1.07 bits per heavy atom. The van der Waals surface area contributed by atoms with Gasteiger partial charge in [-0.15, -0.1) is 0 Å². The minimum Gasteiger partial charge on any atom is -0.375 e. The van der Waals surface area contributed by atoms with Gasteiger partial charge in [0.2, 0.25) is 0 Å². The molecule has 206 valence electrons. The molecule has 0 spiro atoms. The highest BCUT2D eigenvalue weighted by Gasteiger charge is 2.44. The Hall–Kier alpha value is -5.73. The third kappa shape index (κ3) is 2.26. The molecular formula is C42H22B2N2. The molecule has 2 nitrogen and oxygen atoms in total. The molecule has 4 aliphatic rings. The summed E-state index contributed by atoms with van der Waals surface area (Å²) in [6.07, 6.45) is 0. The highest BCUT2D eigenvalue weighted by Crippen LogP contribution is 2.49. The van der Waals surface area contributed by atoms with Crippen LogP contribution in [0.2, 0.25) is 0 Å². The van der Waals surface area contributed by atoms with Crippen molar-refractivity contribution in [1.29, 1.82) is 0 Å². The standard InChI is InChI=1S/C42H22B2N2/c1-3-19-33-23(9-1)25-11-5-13-27-29-15-7-17-31-37-35(43(33)45(39(25)27)41(29)31)21-22-36-38(37)32-18-8-16-30-28-14-6-12-26-24-10-2-4-20-34(24)44(36)46(40(26)28)42(30)32/h1-22H. The van der Waals surface area contributed by atoms with Crippen LogP contribution in [0.4, 0.5) is 0 Å². The third-order valence-electron chi connectivity index (χ3n) is 11.7. The molecule has 46 heavy (non-hydrogen) atoms. The SMILES string of the molecule is c1ccc2c(c1)B1c3ccc4c(c3-c3cccc5c6cccc-2c6n1c35)-c1cccc2c3cccc5c3n(c12)B4c1ccccc1-5. The predicted molar refractivity (Wildman–Crippen MR) is 195 cm³/mol. The number of para-hydroxylation sites is 4. The Morgan fingerprint density at radius 1 is 0.283 bits per heavy atom. The number of fused-ring (bicyclic) bond motifs is 15. The van der Waals surface area contributed by atoms with Crippen molar-refractivity contribution < 1.29 is 0 Å². The summed E-state index contributed by atoms with van der Waals surface area (Å²) in [6, 6.07) is 51.0. The van der Waals surface area contributed by atoms with Crippen LogP contribution in [-0.4, -0.2) is 22.7 Å². The zero-order valence-corrected chi connectivity index (χ0v) is 24.8. The van der Waals surface area contributed by atoms with Gasteiger partial charge in [0, 0.05) is 65.9 Å². The van der Waals surface area contributed by atoms with Crippen LogP contribution in [0.25, 0.3) is 88.1 Å². The van der Waals surface area contributed by atoms with Crippen LogP contribution >= 0.6 is 0 Å². The van der Waals surface area contributed by atoms with Crippen molar-refractivity contribution in [1.82, 2.24) is 8.96 Å². The number of nitrogens with zero attached hydrogens (tertiary/aromatic N) is 2. The number of hydrogen-bond acceptors (Lipinski definition) is 0. The maximum Gasteiger partial charge on any atom is 0.329 e. The van der Waals surface area contributed by atoms with Crippen LogP contribution < -0.4 is 21.9 Å². The first-order valence-electron chi connectivity index (χ1n) is 16.4. The van der Waals surface area contributed by atoms with Crippen LogP contribution in [0.5, 0.6) is 0 Å². The van der Waals surface area contributed by atoms with Crippen molar-refractivity contribution in [2.45, 2.75) is 0 Å². The zero-order valence-electron chi connectivity index (χ0n) is 24.8. The summed E-state index contributed by atoms with van der Waals surface area (Å²) in [5.41, 5.74) is 22.0. The van der Waals surface area contributed by atoms with E-state index in [1.807, 2.05) is 0 Å². The monoisotopic (exact) mass is 576 g/mol. The van der Waals surface area contributed by atoms with E-state index in [0.29, 0.717) is 0 Å². The van der Waals surface area contributed by atoms with E-state index in [2.05, 4.69) is 142 Å². The lowest BCUT2D eigenvalue weighted by atomic mass is 9.41. The van der Waals surface area contributed by atoms with Gasteiger partial charge in [-0.05, 0) is 44.1 Å². The number of hydrogen-bond donors (Lipinski definition) is 0. The van der Waals surface area contributed by atoms with Gasteiger partial charge in [0.05, 0.1) is 0 Å². The number of aromatic nitrogens is 2. The lowest BCUT2D eigenvalue weighted by Gasteiger charge is -2.37. The Kier molecular flexibility index (Phi) is 3.65. The molecule has 0 radical (unpaired) electrons. The molecule has 0 saturated heterocycles. The van der Waals surface area contributed by atoms with Gasteiger partial charge >= 0.3 is 13.7 Å². The van der Waals surface area contributed by atoms with E-state index in [-0.39, 0.29) is 13.7 Å². The lowest BCUT2D eigenvalue weighted by molar-refractivity contribution is 1.30. The van der Waals surface area contributed by atoms with Gasteiger partial charge in [-0.2, -0.15) is 0 Å². The average molecular weight is 576 g/mol. The zero-order chi connectivity index (χ0) is 29.4. The molecule has 0 bridgehead atoms. The molecule has 4 heteroatoms. The highest BCUT2D eigenvalue weighted by atomic mass is 14.9. The fourth-order valence-electron chi connectivity index (χ4n) is 10.2. The van der Waals surface area contributed by atoms with E-state index in [9.17, 15) is 0 Å². The molecule has 2 aromatic heterocycles. The quantitative estimate of drug-likeness (QED) is 0.170. The molecule has 4 aliphatic heterocycles. The summed E-state index contributed by atoms with van der Waals surface area (Å²) in [5, 5.41) is 5.41. The summed E-state index contributed by atoms with van der Waals surface area (Å²) < 4.78 is 5.35. The average Bonchev–Trinajstić information content (AvgIpc) is 3.64. The second-order valence-electron chi connectivity index (χ2n) is 13.5. The molecule has 0 saturated carbocycles. The van der Waals surface area contributed by atoms with Crippen LogP contribution in [-0.2, 0) is 0 Å². The summed E-state index contributed by atoms with van der Waals surface area (Å²) in [4.78, 5) is 0. The summed E-state index contributed by atoms with van der Waals surface area (Å²) in [5.74, 6) is 0. The van der Waals surface area contributed by atoms with Gasteiger partial charge in [0.15, 0.2) is 0 Å². The molecule has 6 heterocycles. The summed E-state index contributed by atoms with van der Waals surface area (Å²) in [6.45, 7) is 0.247. The number of benzene rings is 7. The molecule has 0 unspecified atom stereocenters. The van der Waals surface area contributed by atoms with Crippen LogP contribution in [0.3, 0.4) is 0 Å². The first-order valence-corrected chi connectivity index (χ1v) is 16.4. The molecular weight excluding hydrogens is 554 g/mol. The fourth-order valence-corrected chi connectivity index (χ4v) is 10.2. The van der Waals surface area contributed by atoms with Crippen LogP contribution in [0, 0.1) is 0 Å². The maximum atomic E-state index is 2.68. The maximum absolute atomic E-state index is 2.68. The van der Waals surface area contributed by atoms with Crippen molar-refractivity contribution >= 4 is 79.2 Å². The highest BCUT2D eigenvalue weighted by molar-refractivity contribution is 6.91. The Labute approximate surface area is 265 Å². The van der Waals surface area contributed by atoms with Gasteiger partial charge < -0.3 is 8.96 Å². The lowest BCUT2D eigenvalue weighted by Crippen LogP contribution is -2.57. The Balaban J connectivity index is 1.28. The summed E-state index contributed by atoms with van der Waals surface area (Å²) >= 11 is 0. The largest absolute Gasteiger partial charge is 0.375 e. The molecule has 0 aliphatic carbocycles. The van der Waals surface area contributed by atoms with Crippen molar-refractivity contribution in [2.24, 2.45) is 0 Å². The molecule has 0 atom stereocenters. The second-order valence-corrected chi connectivity index (χ2v) is 13.5. The van der Waals surface area contributed by atoms with Crippen molar-refractivity contribution in [3.05, 3.63) is 133 Å². The number of rotatable bonds is 0. The van der Waals surface area contributed by atoms with Crippen molar-refractivity contribution in [2.75, 3.05) is 0 Å². The molecule has 9 aromatic rings. The van der Waals surface area contributed by atoms with Crippen LogP contribution in [0.1, 0.15) is 0 Å². The smallest absolute Gasteiger partial charge is 0.329 e. The van der Waals surface area contributed by atoms with E-state index in [1.54, 1.807) is 0 Å². The Bertz CT molecular complexity index is 2740. The first-order chi connectivity index (χ1) is 22.9. The van der Waals surface area contributed by atoms with Gasteiger partial charge in [0.25, 0.3) is 0 Å². The molecule has 7 aromatic carbocycles. The molecule has 0 amide bonds. The fraction of sp³-hybridized carbons (Fsp3) is 0. The van der Waals surface area contributed by atoms with Crippen molar-refractivity contribution in [3.8, 4) is 44.5 Å². The molecule has 0 N–H and O–H groups in total. The Morgan fingerprint density at radius 2 is 0.630 bits per heavy atom.